The summed E-state index contributed by atoms with van der Waals surface area (Å²) in [7, 11) is 0. The van der Waals surface area contributed by atoms with Crippen LogP contribution in [0, 0.1) is 6.92 Å². The van der Waals surface area contributed by atoms with Gasteiger partial charge in [-0.1, -0.05) is 12.1 Å². The van der Waals surface area contributed by atoms with Gasteiger partial charge in [-0.15, -0.1) is 0 Å². The van der Waals surface area contributed by atoms with Crippen LogP contribution >= 0.6 is 0 Å². The van der Waals surface area contributed by atoms with Gasteiger partial charge in [-0.3, -0.25) is 9.36 Å². The molecule has 1 saturated heterocycles. The number of benzene rings is 1. The molecular weight excluding hydrogens is 332 g/mol. The molecule has 0 saturated carbocycles. The zero-order valence-corrected chi connectivity index (χ0v) is 14.8. The first-order valence-corrected chi connectivity index (χ1v) is 8.99. The molecule has 1 aliphatic rings. The van der Waals surface area contributed by atoms with Crippen LogP contribution in [0.1, 0.15) is 30.3 Å². The van der Waals surface area contributed by atoms with Gasteiger partial charge in [0.25, 0.3) is 5.56 Å². The third kappa shape index (κ3) is 3.35. The van der Waals surface area contributed by atoms with Crippen molar-refractivity contribution in [1.82, 2.24) is 19.4 Å². The Hall–Kier alpha value is -2.67. The predicted molar refractivity (Wildman–Crippen MR) is 98.5 cm³/mol. The predicted octanol–water partition coefficient (Wildman–Crippen LogP) is 1.87. The van der Waals surface area contributed by atoms with E-state index in [0.29, 0.717) is 24.7 Å². The zero-order valence-electron chi connectivity index (χ0n) is 14.8. The van der Waals surface area contributed by atoms with E-state index in [4.69, 9.17) is 4.42 Å². The Labute approximate surface area is 150 Å². The van der Waals surface area contributed by atoms with Crippen molar-refractivity contribution >= 4 is 11.1 Å². The summed E-state index contributed by atoms with van der Waals surface area (Å²) in [6, 6.07) is 9.29. The highest BCUT2D eigenvalue weighted by atomic mass is 16.3. The summed E-state index contributed by atoms with van der Waals surface area (Å²) >= 11 is 0. The van der Waals surface area contributed by atoms with E-state index in [1.807, 2.05) is 24.3 Å². The first kappa shape index (κ1) is 16.8. The number of hydrogen-bond acceptors (Lipinski definition) is 5. The van der Waals surface area contributed by atoms with E-state index >= 15 is 0 Å². The van der Waals surface area contributed by atoms with Gasteiger partial charge in [0.2, 0.25) is 0 Å². The fourth-order valence-corrected chi connectivity index (χ4v) is 3.56. The maximum Gasteiger partial charge on any atom is 0.328 e. The number of nitrogens with zero attached hydrogens (tertiary/aromatic N) is 3. The molecule has 3 aromatic rings. The SMILES string of the molecule is Cc1cc(=O)n(CCN2CCC(c3nc4ccccc4o3)CC2)c(=O)[nH]1. The summed E-state index contributed by atoms with van der Waals surface area (Å²) < 4.78 is 7.16. The third-order valence-corrected chi connectivity index (χ3v) is 5.04. The molecule has 0 atom stereocenters. The summed E-state index contributed by atoms with van der Waals surface area (Å²) in [5.74, 6) is 1.14. The molecule has 1 aromatic carbocycles. The van der Waals surface area contributed by atoms with Crippen LogP contribution < -0.4 is 11.2 Å². The number of H-pyrrole nitrogens is 1. The molecule has 0 bridgehead atoms. The number of aromatic nitrogens is 3. The van der Waals surface area contributed by atoms with E-state index in [1.54, 1.807) is 6.92 Å². The Morgan fingerprint density at radius 3 is 2.69 bits per heavy atom. The molecular formula is C19H22N4O3. The fourth-order valence-electron chi connectivity index (χ4n) is 3.56. The molecule has 0 amide bonds. The number of hydrogen-bond donors (Lipinski definition) is 1. The number of nitrogens with one attached hydrogen (secondary N) is 1. The van der Waals surface area contributed by atoms with Crippen molar-refractivity contribution in [1.29, 1.82) is 0 Å². The zero-order chi connectivity index (χ0) is 18.1. The summed E-state index contributed by atoms with van der Waals surface area (Å²) in [6.07, 6.45) is 1.93. The van der Waals surface area contributed by atoms with Crippen LogP contribution in [0.5, 0.6) is 0 Å². The molecule has 7 nitrogen and oxygen atoms in total. The molecule has 136 valence electrons. The van der Waals surface area contributed by atoms with Crippen LogP contribution in [-0.4, -0.2) is 39.1 Å². The summed E-state index contributed by atoms with van der Waals surface area (Å²) in [5, 5.41) is 0. The summed E-state index contributed by atoms with van der Waals surface area (Å²) in [6.45, 7) is 4.61. The minimum absolute atomic E-state index is 0.243. The standard InChI is InChI=1S/C19H22N4O3/c1-13-12-17(24)23(19(25)20-13)11-10-22-8-6-14(7-9-22)18-21-15-4-2-3-5-16(15)26-18/h2-5,12,14H,6-11H2,1H3,(H,20,25). The maximum atomic E-state index is 12.0. The maximum absolute atomic E-state index is 12.0. The number of rotatable bonds is 4. The van der Waals surface area contributed by atoms with E-state index in [0.717, 1.165) is 42.9 Å². The number of likely N-dealkylation sites (tertiary alicyclic amines) is 1. The average molecular weight is 354 g/mol. The van der Waals surface area contributed by atoms with Crippen molar-refractivity contribution in [3.63, 3.8) is 0 Å². The van der Waals surface area contributed by atoms with Crippen LogP contribution in [0.4, 0.5) is 0 Å². The van der Waals surface area contributed by atoms with Crippen molar-refractivity contribution in [2.24, 2.45) is 0 Å². The molecule has 3 heterocycles. The minimum atomic E-state index is -0.337. The molecule has 4 rings (SSSR count). The summed E-state index contributed by atoms with van der Waals surface area (Å²) in [4.78, 5) is 33.5. The van der Waals surface area contributed by atoms with Gasteiger partial charge in [0.15, 0.2) is 11.5 Å². The smallest absolute Gasteiger partial charge is 0.328 e. The van der Waals surface area contributed by atoms with Gasteiger partial charge in [0.05, 0.1) is 0 Å². The molecule has 1 fully saturated rings. The highest BCUT2D eigenvalue weighted by Gasteiger charge is 2.24. The highest BCUT2D eigenvalue weighted by molar-refractivity contribution is 5.72. The van der Waals surface area contributed by atoms with Crippen LogP contribution in [0.3, 0.4) is 0 Å². The lowest BCUT2D eigenvalue weighted by molar-refractivity contribution is 0.193. The Morgan fingerprint density at radius 1 is 1.19 bits per heavy atom. The molecule has 1 aliphatic heterocycles. The number of aryl methyl sites for hydroxylation is 1. The topological polar surface area (TPSA) is 84.1 Å². The van der Waals surface area contributed by atoms with Gasteiger partial charge in [0.1, 0.15) is 5.52 Å². The monoisotopic (exact) mass is 354 g/mol. The van der Waals surface area contributed by atoms with E-state index in [-0.39, 0.29) is 11.2 Å². The second-order valence-electron chi connectivity index (χ2n) is 6.88. The van der Waals surface area contributed by atoms with Crippen LogP contribution in [-0.2, 0) is 6.54 Å². The lowest BCUT2D eigenvalue weighted by atomic mass is 9.97. The molecule has 0 unspecified atom stereocenters. The molecule has 2 aromatic heterocycles. The first-order chi connectivity index (χ1) is 12.6. The second kappa shape index (κ2) is 6.92. The van der Waals surface area contributed by atoms with Crippen molar-refractivity contribution in [3.8, 4) is 0 Å². The van der Waals surface area contributed by atoms with Crippen molar-refractivity contribution in [2.75, 3.05) is 19.6 Å². The van der Waals surface area contributed by atoms with E-state index in [1.165, 1.54) is 10.6 Å². The molecule has 1 N–H and O–H groups in total. The van der Waals surface area contributed by atoms with Gasteiger partial charge in [-0.25, -0.2) is 9.78 Å². The van der Waals surface area contributed by atoms with Gasteiger partial charge in [-0.2, -0.15) is 0 Å². The Bertz CT molecular complexity index is 961. The average Bonchev–Trinajstić information content (AvgIpc) is 3.05. The normalized spacial score (nSPS) is 16.3. The highest BCUT2D eigenvalue weighted by Crippen LogP contribution is 2.29. The fraction of sp³-hybridized carbons (Fsp3) is 0.421. The van der Waals surface area contributed by atoms with E-state index in [2.05, 4.69) is 14.9 Å². The minimum Gasteiger partial charge on any atom is -0.440 e. The third-order valence-electron chi connectivity index (χ3n) is 5.04. The van der Waals surface area contributed by atoms with Gasteiger partial charge in [-0.05, 0) is 45.0 Å². The Balaban J connectivity index is 1.37. The second-order valence-corrected chi connectivity index (χ2v) is 6.88. The lowest BCUT2D eigenvalue weighted by Gasteiger charge is -2.30. The van der Waals surface area contributed by atoms with Crippen LogP contribution in [0.25, 0.3) is 11.1 Å². The molecule has 0 spiro atoms. The van der Waals surface area contributed by atoms with Crippen LogP contribution in [0.2, 0.25) is 0 Å². The largest absolute Gasteiger partial charge is 0.440 e. The number of oxazole rings is 1. The quantitative estimate of drug-likeness (QED) is 0.773. The van der Waals surface area contributed by atoms with Crippen molar-refractivity contribution in [2.45, 2.75) is 32.2 Å². The number of piperidine rings is 1. The summed E-state index contributed by atoms with van der Waals surface area (Å²) in [5.41, 5.74) is 1.75. The van der Waals surface area contributed by atoms with Crippen LogP contribution in [0.15, 0.2) is 44.3 Å². The molecule has 0 aliphatic carbocycles. The molecule has 0 radical (unpaired) electrons. The van der Waals surface area contributed by atoms with Gasteiger partial charge in [0, 0.05) is 30.8 Å². The van der Waals surface area contributed by atoms with E-state index in [9.17, 15) is 9.59 Å². The number of para-hydroxylation sites is 2. The Morgan fingerprint density at radius 2 is 1.96 bits per heavy atom. The Kier molecular flexibility index (Phi) is 4.46. The van der Waals surface area contributed by atoms with Gasteiger partial charge < -0.3 is 14.3 Å². The van der Waals surface area contributed by atoms with E-state index < -0.39 is 0 Å². The van der Waals surface area contributed by atoms with Crippen molar-refractivity contribution in [3.05, 3.63) is 62.8 Å². The number of aromatic amines is 1. The lowest BCUT2D eigenvalue weighted by Crippen LogP contribution is -2.41. The number of fused-ring (bicyclic) bond motifs is 1. The van der Waals surface area contributed by atoms with Crippen molar-refractivity contribution < 1.29 is 4.42 Å². The molecule has 26 heavy (non-hydrogen) atoms. The molecule has 7 heteroatoms. The van der Waals surface area contributed by atoms with Gasteiger partial charge >= 0.3 is 5.69 Å². The first-order valence-electron chi connectivity index (χ1n) is 8.99.